The molecule has 4 rings (SSSR count). The normalized spacial score (nSPS) is 12.0. The molecule has 1 heterocycles. The molecule has 0 radical (unpaired) electrons. The molecule has 0 aliphatic heterocycles. The van der Waals surface area contributed by atoms with E-state index in [1.807, 2.05) is 37.3 Å². The van der Waals surface area contributed by atoms with Crippen LogP contribution in [0.3, 0.4) is 0 Å². The van der Waals surface area contributed by atoms with Gasteiger partial charge in [0.25, 0.3) is 0 Å². The lowest BCUT2D eigenvalue weighted by Crippen LogP contribution is -2.11. The molecular formula is C28H24F3NO4. The third kappa shape index (κ3) is 5.38. The number of amides is 1. The van der Waals surface area contributed by atoms with Gasteiger partial charge in [0.15, 0.2) is 0 Å². The number of methoxy groups -OCH3 is 1. The van der Waals surface area contributed by atoms with Gasteiger partial charge in [0.05, 0.1) is 25.5 Å². The van der Waals surface area contributed by atoms with E-state index >= 15 is 0 Å². The number of anilines is 1. The molecular weight excluding hydrogens is 471 g/mol. The molecule has 0 aliphatic rings. The van der Waals surface area contributed by atoms with Gasteiger partial charge in [-0.3, -0.25) is 4.79 Å². The Labute approximate surface area is 206 Å². The molecule has 1 amide bonds. The maximum Gasteiger partial charge on any atom is 0.416 e. The summed E-state index contributed by atoms with van der Waals surface area (Å²) in [6, 6.07) is 15.7. The van der Waals surface area contributed by atoms with E-state index in [0.29, 0.717) is 34.8 Å². The number of ether oxygens (including phenoxy) is 2. The number of hydrogen-bond acceptors (Lipinski definition) is 4. The SMILES string of the molecule is CCOc1cc2occ(-c3cccc(OC)c3)c2cc1/C(C)=C/C(=O)Nc1cccc(C(F)(F)F)c1. The molecule has 0 aliphatic carbocycles. The Morgan fingerprint density at radius 2 is 1.86 bits per heavy atom. The predicted molar refractivity (Wildman–Crippen MR) is 133 cm³/mol. The van der Waals surface area contributed by atoms with Crippen LogP contribution in [0.5, 0.6) is 11.5 Å². The van der Waals surface area contributed by atoms with Crippen LogP contribution in [0.4, 0.5) is 18.9 Å². The van der Waals surface area contributed by atoms with Gasteiger partial charge in [-0.1, -0.05) is 18.2 Å². The molecule has 1 N–H and O–H groups in total. The fraction of sp³-hybridized carbons (Fsp3) is 0.179. The topological polar surface area (TPSA) is 60.7 Å². The van der Waals surface area contributed by atoms with E-state index in [1.54, 1.807) is 26.4 Å². The Balaban J connectivity index is 1.70. The highest BCUT2D eigenvalue weighted by atomic mass is 19.4. The van der Waals surface area contributed by atoms with Crippen molar-refractivity contribution in [3.63, 3.8) is 0 Å². The average Bonchev–Trinajstić information content (AvgIpc) is 3.26. The Morgan fingerprint density at radius 1 is 1.08 bits per heavy atom. The summed E-state index contributed by atoms with van der Waals surface area (Å²) >= 11 is 0. The van der Waals surface area contributed by atoms with Crippen LogP contribution < -0.4 is 14.8 Å². The maximum absolute atomic E-state index is 13.0. The quantitative estimate of drug-likeness (QED) is 0.269. The minimum atomic E-state index is -4.50. The number of furan rings is 1. The van der Waals surface area contributed by atoms with Crippen LogP contribution in [0.2, 0.25) is 0 Å². The third-order valence-electron chi connectivity index (χ3n) is 5.59. The van der Waals surface area contributed by atoms with Crippen molar-refractivity contribution >= 4 is 28.1 Å². The lowest BCUT2D eigenvalue weighted by atomic mass is 9.99. The molecule has 0 saturated heterocycles. The highest BCUT2D eigenvalue weighted by Crippen LogP contribution is 2.38. The van der Waals surface area contributed by atoms with E-state index in [0.717, 1.165) is 28.6 Å². The molecule has 0 fully saturated rings. The summed E-state index contributed by atoms with van der Waals surface area (Å²) in [4.78, 5) is 12.7. The molecule has 5 nitrogen and oxygen atoms in total. The van der Waals surface area contributed by atoms with Crippen molar-refractivity contribution < 1.29 is 31.9 Å². The second-order valence-corrected chi connectivity index (χ2v) is 8.05. The molecule has 186 valence electrons. The average molecular weight is 495 g/mol. The van der Waals surface area contributed by atoms with E-state index < -0.39 is 17.6 Å². The van der Waals surface area contributed by atoms with Crippen LogP contribution in [0.25, 0.3) is 27.7 Å². The van der Waals surface area contributed by atoms with Gasteiger partial charge in [0.2, 0.25) is 5.91 Å². The Kier molecular flexibility index (Phi) is 7.05. The smallest absolute Gasteiger partial charge is 0.416 e. The summed E-state index contributed by atoms with van der Waals surface area (Å²) in [6.45, 7) is 3.98. The van der Waals surface area contributed by atoms with Gasteiger partial charge < -0.3 is 19.2 Å². The molecule has 0 saturated carbocycles. The number of allylic oxidation sites excluding steroid dienone is 1. The molecule has 0 atom stereocenters. The molecule has 0 bridgehead atoms. The lowest BCUT2D eigenvalue weighted by Gasteiger charge is -2.12. The molecule has 4 aromatic rings. The first kappa shape index (κ1) is 24.9. The number of carbonyl (C=O) groups is 1. The Bertz CT molecular complexity index is 1440. The van der Waals surface area contributed by atoms with Gasteiger partial charge in [0, 0.05) is 34.3 Å². The van der Waals surface area contributed by atoms with Crippen LogP contribution in [0.1, 0.15) is 25.0 Å². The first-order valence-corrected chi connectivity index (χ1v) is 11.2. The maximum atomic E-state index is 13.0. The molecule has 36 heavy (non-hydrogen) atoms. The summed E-state index contributed by atoms with van der Waals surface area (Å²) in [6.07, 6.45) is -1.52. The third-order valence-corrected chi connectivity index (χ3v) is 5.59. The molecule has 1 aromatic heterocycles. The number of halogens is 3. The zero-order valence-electron chi connectivity index (χ0n) is 19.9. The summed E-state index contributed by atoms with van der Waals surface area (Å²) < 4.78 is 55.9. The number of rotatable bonds is 7. The predicted octanol–water partition coefficient (Wildman–Crippen LogP) is 7.57. The molecule has 8 heteroatoms. The van der Waals surface area contributed by atoms with Crippen molar-refractivity contribution in [3.8, 4) is 22.6 Å². The lowest BCUT2D eigenvalue weighted by molar-refractivity contribution is -0.137. The summed E-state index contributed by atoms with van der Waals surface area (Å²) in [5, 5.41) is 3.31. The number of carbonyl (C=O) groups excluding carboxylic acids is 1. The van der Waals surface area contributed by atoms with E-state index in [4.69, 9.17) is 13.9 Å². The van der Waals surface area contributed by atoms with Crippen molar-refractivity contribution in [2.45, 2.75) is 20.0 Å². The molecule has 0 spiro atoms. The fourth-order valence-electron chi connectivity index (χ4n) is 3.88. The largest absolute Gasteiger partial charge is 0.497 e. The molecule has 3 aromatic carbocycles. The van der Waals surface area contributed by atoms with Crippen LogP contribution in [-0.4, -0.2) is 19.6 Å². The van der Waals surface area contributed by atoms with Gasteiger partial charge in [0.1, 0.15) is 17.1 Å². The van der Waals surface area contributed by atoms with Gasteiger partial charge in [-0.15, -0.1) is 0 Å². The van der Waals surface area contributed by atoms with Crippen LogP contribution >= 0.6 is 0 Å². The van der Waals surface area contributed by atoms with Crippen molar-refractivity contribution in [1.82, 2.24) is 0 Å². The summed E-state index contributed by atoms with van der Waals surface area (Å²) in [5.41, 5.74) is 2.80. The summed E-state index contributed by atoms with van der Waals surface area (Å²) in [7, 11) is 1.59. The van der Waals surface area contributed by atoms with Crippen molar-refractivity contribution in [3.05, 3.63) is 84.1 Å². The van der Waals surface area contributed by atoms with Crippen molar-refractivity contribution in [2.24, 2.45) is 0 Å². The number of hydrogen-bond donors (Lipinski definition) is 1. The van der Waals surface area contributed by atoms with Gasteiger partial charge in [-0.05, 0) is 61.4 Å². The van der Waals surface area contributed by atoms with Crippen molar-refractivity contribution in [1.29, 1.82) is 0 Å². The second-order valence-electron chi connectivity index (χ2n) is 8.05. The molecule has 0 unspecified atom stereocenters. The van der Waals surface area contributed by atoms with Crippen molar-refractivity contribution in [2.75, 3.05) is 19.0 Å². The van der Waals surface area contributed by atoms with E-state index in [9.17, 15) is 18.0 Å². The van der Waals surface area contributed by atoms with Crippen LogP contribution in [0.15, 0.2) is 77.4 Å². The van der Waals surface area contributed by atoms with Crippen LogP contribution in [-0.2, 0) is 11.0 Å². The van der Waals surface area contributed by atoms with E-state index in [1.165, 1.54) is 18.2 Å². The standard InChI is InChI=1S/C28H24F3NO4/c1-4-35-25-15-26-23(24(16-36-26)18-7-5-10-21(12-18)34-3)14-22(25)17(2)11-27(33)32-20-9-6-8-19(13-20)28(29,30)31/h5-16H,4H2,1-3H3,(H,32,33)/b17-11+. The van der Waals surface area contributed by atoms with Gasteiger partial charge in [-0.25, -0.2) is 0 Å². The van der Waals surface area contributed by atoms with E-state index in [-0.39, 0.29) is 5.69 Å². The highest BCUT2D eigenvalue weighted by molar-refractivity contribution is 6.05. The number of fused-ring (bicyclic) bond motifs is 1. The number of alkyl halides is 3. The summed E-state index contributed by atoms with van der Waals surface area (Å²) in [5.74, 6) is 0.669. The second kappa shape index (κ2) is 10.2. The minimum absolute atomic E-state index is 0.0505. The Hall–Kier alpha value is -4.20. The van der Waals surface area contributed by atoms with E-state index in [2.05, 4.69) is 5.32 Å². The van der Waals surface area contributed by atoms with Gasteiger partial charge in [-0.2, -0.15) is 13.2 Å². The van der Waals surface area contributed by atoms with Gasteiger partial charge >= 0.3 is 6.18 Å². The first-order valence-electron chi connectivity index (χ1n) is 11.2. The zero-order chi connectivity index (χ0) is 25.9. The zero-order valence-corrected chi connectivity index (χ0v) is 19.9. The fourth-order valence-corrected chi connectivity index (χ4v) is 3.88. The minimum Gasteiger partial charge on any atom is -0.497 e. The van der Waals surface area contributed by atoms with Crippen LogP contribution in [0, 0.1) is 0 Å². The first-order chi connectivity index (χ1) is 17.2. The Morgan fingerprint density at radius 3 is 2.58 bits per heavy atom. The highest BCUT2D eigenvalue weighted by Gasteiger charge is 2.30. The number of nitrogens with one attached hydrogen (secondary N) is 1. The number of benzene rings is 3. The monoisotopic (exact) mass is 495 g/mol.